The summed E-state index contributed by atoms with van der Waals surface area (Å²) in [6.07, 6.45) is 2.15. The lowest BCUT2D eigenvalue weighted by Gasteiger charge is -2.07. The van der Waals surface area contributed by atoms with Gasteiger partial charge in [0.25, 0.3) is 5.56 Å². The number of nitrogens with zero attached hydrogens (tertiary/aromatic N) is 1. The summed E-state index contributed by atoms with van der Waals surface area (Å²) in [5, 5.41) is 0.238. The van der Waals surface area contributed by atoms with E-state index in [4.69, 9.17) is 0 Å². The van der Waals surface area contributed by atoms with Crippen molar-refractivity contribution < 1.29 is 4.39 Å². The van der Waals surface area contributed by atoms with Gasteiger partial charge in [0.15, 0.2) is 0 Å². The van der Waals surface area contributed by atoms with Crippen LogP contribution >= 0.6 is 11.8 Å². The highest BCUT2D eigenvalue weighted by atomic mass is 32.2. The van der Waals surface area contributed by atoms with Crippen molar-refractivity contribution in [3.63, 3.8) is 0 Å². The average Bonchev–Trinajstić information content (AvgIpc) is 2.66. The first kappa shape index (κ1) is 9.71. The molecule has 1 atom stereocenters. The third-order valence-electron chi connectivity index (χ3n) is 2.28. The van der Waals surface area contributed by atoms with Crippen LogP contribution in [0.2, 0.25) is 0 Å². The molecule has 2 heterocycles. The number of H-pyrrole nitrogens is 1. The largest absolute Gasteiger partial charge is 0.307 e. The van der Waals surface area contributed by atoms with Gasteiger partial charge in [-0.15, -0.1) is 0 Å². The Morgan fingerprint density at radius 2 is 2.43 bits per heavy atom. The molecule has 76 valence electrons. The summed E-state index contributed by atoms with van der Waals surface area (Å²) in [4.78, 5) is 17.7. The predicted octanol–water partition coefficient (Wildman–Crippen LogP) is 1.79. The Morgan fingerprint density at radius 1 is 1.64 bits per heavy atom. The fraction of sp³-hybridized carbons (Fsp3) is 0.556. The lowest BCUT2D eigenvalue weighted by atomic mass is 10.2. The van der Waals surface area contributed by atoms with Gasteiger partial charge >= 0.3 is 0 Å². The minimum Gasteiger partial charge on any atom is -0.307 e. The van der Waals surface area contributed by atoms with Crippen molar-refractivity contribution >= 4 is 11.8 Å². The van der Waals surface area contributed by atoms with Crippen molar-refractivity contribution in [2.75, 3.05) is 5.75 Å². The molecule has 0 aliphatic carbocycles. The minimum atomic E-state index is -0.767. The maximum atomic E-state index is 13.0. The molecule has 1 N–H and O–H groups in total. The Morgan fingerprint density at radius 3 is 3.00 bits per heavy atom. The number of hydrogen-bond donors (Lipinski definition) is 1. The molecule has 1 aromatic rings. The van der Waals surface area contributed by atoms with Crippen molar-refractivity contribution in [1.82, 2.24) is 9.97 Å². The van der Waals surface area contributed by atoms with E-state index in [0.29, 0.717) is 5.82 Å². The van der Waals surface area contributed by atoms with Gasteiger partial charge < -0.3 is 4.98 Å². The quantitative estimate of drug-likeness (QED) is 0.775. The predicted molar refractivity (Wildman–Crippen MR) is 54.0 cm³/mol. The van der Waals surface area contributed by atoms with Gasteiger partial charge in [0, 0.05) is 0 Å². The molecule has 0 radical (unpaired) electrons. The number of thioether (sulfide) groups is 1. The topological polar surface area (TPSA) is 45.8 Å². The van der Waals surface area contributed by atoms with Gasteiger partial charge in [0.2, 0.25) is 5.82 Å². The highest BCUT2D eigenvalue weighted by Gasteiger charge is 2.21. The Hall–Kier alpha value is -0.840. The summed E-state index contributed by atoms with van der Waals surface area (Å²) < 4.78 is 13.0. The molecule has 1 fully saturated rings. The van der Waals surface area contributed by atoms with E-state index >= 15 is 0 Å². The third kappa shape index (κ3) is 1.68. The normalized spacial score (nSPS) is 21.4. The molecule has 3 nitrogen and oxygen atoms in total. The highest BCUT2D eigenvalue weighted by molar-refractivity contribution is 7.99. The zero-order valence-corrected chi connectivity index (χ0v) is 8.66. The summed E-state index contributed by atoms with van der Waals surface area (Å²) in [5.74, 6) is 0.943. The fourth-order valence-corrected chi connectivity index (χ4v) is 2.76. The van der Waals surface area contributed by atoms with Crippen LogP contribution in [0.4, 0.5) is 4.39 Å². The first-order valence-electron chi connectivity index (χ1n) is 4.56. The Bertz CT molecular complexity index is 398. The summed E-state index contributed by atoms with van der Waals surface area (Å²) in [7, 11) is 0. The van der Waals surface area contributed by atoms with Crippen molar-refractivity contribution in [2.45, 2.75) is 25.0 Å². The van der Waals surface area contributed by atoms with Gasteiger partial charge in [-0.3, -0.25) is 4.79 Å². The molecule has 1 aliphatic heterocycles. The van der Waals surface area contributed by atoms with E-state index in [-0.39, 0.29) is 10.9 Å². The number of nitrogens with one attached hydrogen (secondary N) is 1. The first-order valence-corrected chi connectivity index (χ1v) is 5.61. The minimum absolute atomic E-state index is 0.191. The van der Waals surface area contributed by atoms with Crippen molar-refractivity contribution in [3.8, 4) is 0 Å². The van der Waals surface area contributed by atoms with Gasteiger partial charge in [-0.05, 0) is 25.5 Å². The van der Waals surface area contributed by atoms with Gasteiger partial charge in [-0.1, -0.05) is 0 Å². The standard InChI is InChI=1S/C9H11FN2OS/c1-5-7(10)9(13)12-8(11-5)6-3-2-4-14-6/h6H,2-4H2,1H3,(H,11,12,13). The molecule has 1 unspecified atom stereocenters. The van der Waals surface area contributed by atoms with Gasteiger partial charge in [0.05, 0.1) is 10.9 Å². The number of aromatic nitrogens is 2. The SMILES string of the molecule is Cc1nc(C2CCCS2)[nH]c(=O)c1F. The lowest BCUT2D eigenvalue weighted by molar-refractivity contribution is 0.579. The molecule has 0 bridgehead atoms. The van der Waals surface area contributed by atoms with Crippen LogP contribution in [-0.4, -0.2) is 15.7 Å². The van der Waals surface area contributed by atoms with Crippen LogP contribution in [0.5, 0.6) is 0 Å². The number of hydrogen-bond acceptors (Lipinski definition) is 3. The number of rotatable bonds is 1. The second-order valence-electron chi connectivity index (χ2n) is 3.35. The highest BCUT2D eigenvalue weighted by Crippen LogP contribution is 2.37. The van der Waals surface area contributed by atoms with E-state index in [1.54, 1.807) is 11.8 Å². The van der Waals surface area contributed by atoms with E-state index < -0.39 is 11.4 Å². The molecular formula is C9H11FN2OS. The molecule has 5 heteroatoms. The Labute approximate surface area is 85.1 Å². The summed E-state index contributed by atoms with van der Waals surface area (Å²) >= 11 is 1.76. The second kappa shape index (κ2) is 3.73. The number of aryl methyl sites for hydroxylation is 1. The van der Waals surface area contributed by atoms with Crippen molar-refractivity contribution in [1.29, 1.82) is 0 Å². The van der Waals surface area contributed by atoms with Gasteiger partial charge in [0.1, 0.15) is 5.82 Å². The zero-order valence-electron chi connectivity index (χ0n) is 7.84. The first-order chi connectivity index (χ1) is 6.68. The third-order valence-corrected chi connectivity index (χ3v) is 3.67. The molecular weight excluding hydrogens is 203 g/mol. The van der Waals surface area contributed by atoms with Crippen LogP contribution in [0.1, 0.15) is 29.6 Å². The average molecular weight is 214 g/mol. The van der Waals surface area contributed by atoms with Crippen molar-refractivity contribution in [2.24, 2.45) is 0 Å². The molecule has 1 aromatic heterocycles. The molecule has 1 aliphatic rings. The Balaban J connectivity index is 2.39. The Kier molecular flexibility index (Phi) is 2.58. The molecule has 14 heavy (non-hydrogen) atoms. The molecule has 0 amide bonds. The van der Waals surface area contributed by atoms with Crippen LogP contribution in [0.25, 0.3) is 0 Å². The molecule has 0 aromatic carbocycles. The van der Waals surface area contributed by atoms with Crippen LogP contribution < -0.4 is 5.56 Å². The molecule has 0 spiro atoms. The van der Waals surface area contributed by atoms with Gasteiger partial charge in [-0.25, -0.2) is 4.98 Å². The van der Waals surface area contributed by atoms with E-state index in [2.05, 4.69) is 9.97 Å². The molecule has 0 saturated carbocycles. The maximum Gasteiger partial charge on any atom is 0.287 e. The fourth-order valence-electron chi connectivity index (χ4n) is 1.54. The maximum absolute atomic E-state index is 13.0. The van der Waals surface area contributed by atoms with E-state index in [1.165, 1.54) is 6.92 Å². The van der Waals surface area contributed by atoms with Crippen LogP contribution in [-0.2, 0) is 0 Å². The molecule has 2 rings (SSSR count). The summed E-state index contributed by atoms with van der Waals surface area (Å²) in [5.41, 5.74) is -0.462. The number of halogens is 1. The van der Waals surface area contributed by atoms with Gasteiger partial charge in [-0.2, -0.15) is 16.2 Å². The van der Waals surface area contributed by atoms with Crippen LogP contribution in [0, 0.1) is 12.7 Å². The zero-order chi connectivity index (χ0) is 10.1. The second-order valence-corrected chi connectivity index (χ2v) is 4.66. The lowest BCUT2D eigenvalue weighted by Crippen LogP contribution is -2.18. The van der Waals surface area contributed by atoms with E-state index in [1.807, 2.05) is 0 Å². The van der Waals surface area contributed by atoms with Crippen LogP contribution in [0.15, 0.2) is 4.79 Å². The smallest absolute Gasteiger partial charge is 0.287 e. The number of aromatic amines is 1. The summed E-state index contributed by atoms with van der Waals surface area (Å²) in [6, 6.07) is 0. The van der Waals surface area contributed by atoms with Crippen molar-refractivity contribution in [3.05, 3.63) is 27.7 Å². The van der Waals surface area contributed by atoms with Crippen LogP contribution in [0.3, 0.4) is 0 Å². The monoisotopic (exact) mass is 214 g/mol. The van der Waals surface area contributed by atoms with E-state index in [9.17, 15) is 9.18 Å². The van der Waals surface area contributed by atoms with E-state index in [0.717, 1.165) is 18.6 Å². The summed E-state index contributed by atoms with van der Waals surface area (Å²) in [6.45, 7) is 1.52. The molecule has 1 saturated heterocycles.